The van der Waals surface area contributed by atoms with E-state index in [1.807, 2.05) is 36.4 Å². The molecule has 1 fully saturated rings. The summed E-state index contributed by atoms with van der Waals surface area (Å²) >= 11 is 0. The summed E-state index contributed by atoms with van der Waals surface area (Å²) in [6, 6.07) is 14.0. The maximum Gasteiger partial charge on any atom is 0.164 e. The number of Topliss-reactive ketones (excluding diaryl/α,β-unsaturated/α-hetero) is 1. The van der Waals surface area contributed by atoms with Crippen LogP contribution in [0.5, 0.6) is 0 Å². The highest BCUT2D eigenvalue weighted by molar-refractivity contribution is 6.00. The molecule has 0 unspecified atom stereocenters. The molecule has 0 spiro atoms. The molecule has 0 saturated heterocycles. The van der Waals surface area contributed by atoms with E-state index in [1.165, 1.54) is 5.39 Å². The van der Waals surface area contributed by atoms with Gasteiger partial charge in [-0.05, 0) is 36.1 Å². The van der Waals surface area contributed by atoms with Crippen LogP contribution < -0.4 is 5.73 Å². The Hall–Kier alpha value is -1.67. The van der Waals surface area contributed by atoms with E-state index in [9.17, 15) is 4.79 Å². The van der Waals surface area contributed by atoms with Crippen molar-refractivity contribution in [1.82, 2.24) is 0 Å². The quantitative estimate of drug-likeness (QED) is 0.835. The van der Waals surface area contributed by atoms with Crippen LogP contribution in [-0.4, -0.2) is 11.3 Å². The molecule has 0 atom stereocenters. The molecule has 18 heavy (non-hydrogen) atoms. The highest BCUT2D eigenvalue weighted by Crippen LogP contribution is 2.33. The summed E-state index contributed by atoms with van der Waals surface area (Å²) in [6.07, 6.45) is 3.59. The molecule has 1 aliphatic carbocycles. The van der Waals surface area contributed by atoms with Gasteiger partial charge in [-0.1, -0.05) is 36.4 Å². The van der Waals surface area contributed by atoms with E-state index in [1.54, 1.807) is 0 Å². The number of hydrogen-bond acceptors (Lipinski definition) is 2. The van der Waals surface area contributed by atoms with Gasteiger partial charge >= 0.3 is 0 Å². The van der Waals surface area contributed by atoms with E-state index >= 15 is 0 Å². The van der Waals surface area contributed by atoms with E-state index in [0.717, 1.165) is 30.2 Å². The summed E-state index contributed by atoms with van der Waals surface area (Å²) in [5, 5.41) is 2.28. The Kier molecular flexibility index (Phi) is 2.67. The number of carbonyl (C=O) groups is 1. The second-order valence-electron chi connectivity index (χ2n) is 5.38. The van der Waals surface area contributed by atoms with Crippen LogP contribution in [0.3, 0.4) is 0 Å². The molecule has 1 saturated carbocycles. The van der Waals surface area contributed by atoms with Crippen molar-refractivity contribution < 1.29 is 4.79 Å². The van der Waals surface area contributed by atoms with E-state index in [0.29, 0.717) is 6.42 Å². The highest BCUT2D eigenvalue weighted by atomic mass is 16.1. The van der Waals surface area contributed by atoms with Gasteiger partial charge in [0.05, 0.1) is 0 Å². The van der Waals surface area contributed by atoms with Crippen molar-refractivity contribution in [1.29, 1.82) is 0 Å². The number of hydrogen-bond donors (Lipinski definition) is 1. The lowest BCUT2D eigenvalue weighted by molar-refractivity contribution is 0.0912. The molecule has 0 bridgehead atoms. The SMILES string of the molecule is NC1(CC(=O)c2ccc3ccccc3c2)CCC1. The third kappa shape index (κ3) is 2.04. The molecule has 2 heteroatoms. The standard InChI is InChI=1S/C16H17NO/c17-16(8-3-9-16)11-15(18)14-7-6-12-4-1-2-5-13(12)10-14/h1-2,4-7,10H,3,8-9,11,17H2. The van der Waals surface area contributed by atoms with Crippen LogP contribution in [-0.2, 0) is 0 Å². The first-order chi connectivity index (χ1) is 8.66. The Bertz CT molecular complexity index is 599. The average molecular weight is 239 g/mol. The van der Waals surface area contributed by atoms with Gasteiger partial charge in [-0.25, -0.2) is 0 Å². The Morgan fingerprint density at radius 3 is 2.50 bits per heavy atom. The lowest BCUT2D eigenvalue weighted by Crippen LogP contribution is -2.48. The predicted octanol–water partition coefficient (Wildman–Crippen LogP) is 3.29. The van der Waals surface area contributed by atoms with E-state index < -0.39 is 0 Å². The van der Waals surface area contributed by atoms with Crippen LogP contribution in [0.25, 0.3) is 10.8 Å². The molecule has 0 amide bonds. The molecule has 2 nitrogen and oxygen atoms in total. The predicted molar refractivity (Wildman–Crippen MR) is 73.7 cm³/mol. The van der Waals surface area contributed by atoms with Gasteiger partial charge < -0.3 is 5.73 Å². The minimum absolute atomic E-state index is 0.169. The molecule has 2 aromatic carbocycles. The molecule has 3 rings (SSSR count). The number of benzene rings is 2. The van der Waals surface area contributed by atoms with Crippen molar-refractivity contribution in [2.24, 2.45) is 5.73 Å². The average Bonchev–Trinajstić information content (AvgIpc) is 2.36. The first kappa shape index (κ1) is 11.4. The maximum absolute atomic E-state index is 12.2. The fourth-order valence-electron chi connectivity index (χ4n) is 2.59. The van der Waals surface area contributed by atoms with Crippen molar-refractivity contribution in [2.75, 3.05) is 0 Å². The van der Waals surface area contributed by atoms with Crippen molar-refractivity contribution in [3.05, 3.63) is 48.0 Å². The summed E-state index contributed by atoms with van der Waals surface area (Å²) in [7, 11) is 0. The number of rotatable bonds is 3. The van der Waals surface area contributed by atoms with Gasteiger partial charge in [0.1, 0.15) is 0 Å². The van der Waals surface area contributed by atoms with Gasteiger partial charge in [0, 0.05) is 17.5 Å². The Labute approximate surface area is 107 Å². The fraction of sp³-hybridized carbons (Fsp3) is 0.312. The number of carbonyl (C=O) groups excluding carboxylic acids is 1. The largest absolute Gasteiger partial charge is 0.325 e. The monoisotopic (exact) mass is 239 g/mol. The van der Waals surface area contributed by atoms with Crippen molar-refractivity contribution >= 4 is 16.6 Å². The van der Waals surface area contributed by atoms with E-state index in [4.69, 9.17) is 5.73 Å². The molecular formula is C16H17NO. The van der Waals surface area contributed by atoms with E-state index in [2.05, 4.69) is 6.07 Å². The van der Waals surface area contributed by atoms with Gasteiger partial charge in [-0.2, -0.15) is 0 Å². The first-order valence-electron chi connectivity index (χ1n) is 6.47. The minimum Gasteiger partial charge on any atom is -0.325 e. The summed E-state index contributed by atoms with van der Waals surface area (Å²) in [4.78, 5) is 12.2. The number of fused-ring (bicyclic) bond motifs is 1. The van der Waals surface area contributed by atoms with E-state index in [-0.39, 0.29) is 11.3 Å². The maximum atomic E-state index is 12.2. The molecule has 0 heterocycles. The van der Waals surface area contributed by atoms with Crippen LogP contribution in [0.1, 0.15) is 36.0 Å². The van der Waals surface area contributed by atoms with Crippen LogP contribution in [0, 0.1) is 0 Å². The van der Waals surface area contributed by atoms with Crippen molar-refractivity contribution in [3.8, 4) is 0 Å². The molecule has 1 aliphatic rings. The number of ketones is 1. The topological polar surface area (TPSA) is 43.1 Å². The molecule has 0 aromatic heterocycles. The summed E-state index contributed by atoms with van der Waals surface area (Å²) < 4.78 is 0. The summed E-state index contributed by atoms with van der Waals surface area (Å²) in [5.41, 5.74) is 6.68. The van der Waals surface area contributed by atoms with Gasteiger partial charge in [0.25, 0.3) is 0 Å². The van der Waals surface area contributed by atoms with Crippen LogP contribution >= 0.6 is 0 Å². The second-order valence-corrected chi connectivity index (χ2v) is 5.38. The fourth-order valence-corrected chi connectivity index (χ4v) is 2.59. The first-order valence-corrected chi connectivity index (χ1v) is 6.47. The molecular weight excluding hydrogens is 222 g/mol. The molecule has 2 N–H and O–H groups in total. The van der Waals surface area contributed by atoms with Crippen LogP contribution in [0.4, 0.5) is 0 Å². The Morgan fingerprint density at radius 1 is 1.11 bits per heavy atom. The Balaban J connectivity index is 1.87. The Morgan fingerprint density at radius 2 is 1.83 bits per heavy atom. The zero-order valence-corrected chi connectivity index (χ0v) is 10.4. The lowest BCUT2D eigenvalue weighted by Gasteiger charge is -2.37. The minimum atomic E-state index is -0.233. The molecule has 0 aliphatic heterocycles. The van der Waals surface area contributed by atoms with Crippen LogP contribution in [0.2, 0.25) is 0 Å². The molecule has 2 aromatic rings. The number of nitrogens with two attached hydrogens (primary N) is 1. The molecule has 92 valence electrons. The van der Waals surface area contributed by atoms with Crippen LogP contribution in [0.15, 0.2) is 42.5 Å². The normalized spacial score (nSPS) is 17.4. The zero-order chi connectivity index (χ0) is 12.6. The summed E-state index contributed by atoms with van der Waals surface area (Å²) in [6.45, 7) is 0. The zero-order valence-electron chi connectivity index (χ0n) is 10.4. The molecule has 0 radical (unpaired) electrons. The van der Waals surface area contributed by atoms with Gasteiger partial charge in [-0.3, -0.25) is 4.79 Å². The van der Waals surface area contributed by atoms with Gasteiger partial charge in [-0.15, -0.1) is 0 Å². The third-order valence-electron chi connectivity index (χ3n) is 3.93. The van der Waals surface area contributed by atoms with Crippen molar-refractivity contribution in [2.45, 2.75) is 31.2 Å². The highest BCUT2D eigenvalue weighted by Gasteiger charge is 2.34. The third-order valence-corrected chi connectivity index (χ3v) is 3.93. The van der Waals surface area contributed by atoms with Gasteiger partial charge in [0.15, 0.2) is 5.78 Å². The second kappa shape index (κ2) is 4.21. The lowest BCUT2D eigenvalue weighted by atomic mass is 9.74. The summed E-state index contributed by atoms with van der Waals surface area (Å²) in [5.74, 6) is 0.169. The smallest absolute Gasteiger partial charge is 0.164 e. The van der Waals surface area contributed by atoms with Crippen molar-refractivity contribution in [3.63, 3.8) is 0 Å². The van der Waals surface area contributed by atoms with Gasteiger partial charge in [0.2, 0.25) is 0 Å².